The van der Waals surface area contributed by atoms with E-state index in [4.69, 9.17) is 4.74 Å². The summed E-state index contributed by atoms with van der Waals surface area (Å²) < 4.78 is 5.27. The Morgan fingerprint density at radius 1 is 1.29 bits per heavy atom. The summed E-state index contributed by atoms with van der Waals surface area (Å²) in [5, 5.41) is 3.15. The molecule has 17 heavy (non-hydrogen) atoms. The molecule has 1 rings (SSSR count). The maximum atomic E-state index is 12.0. The second-order valence-electron chi connectivity index (χ2n) is 4.16. The number of hydrogen-bond donors (Lipinski definition) is 1. The summed E-state index contributed by atoms with van der Waals surface area (Å²) in [5.74, 6) is 0.806. The number of Topliss-reactive ketones (excluding diaryl/α,β-unsaturated/α-hetero) is 1. The van der Waals surface area contributed by atoms with Crippen molar-refractivity contribution in [1.29, 1.82) is 0 Å². The van der Waals surface area contributed by atoms with Gasteiger partial charge in [-0.1, -0.05) is 6.92 Å². The van der Waals surface area contributed by atoms with Crippen LogP contribution >= 0.6 is 0 Å². The molecule has 0 spiro atoms. The average molecular weight is 235 g/mol. The van der Waals surface area contributed by atoms with Crippen LogP contribution in [0.25, 0.3) is 0 Å². The molecule has 0 atom stereocenters. The van der Waals surface area contributed by atoms with E-state index >= 15 is 0 Å². The third kappa shape index (κ3) is 3.56. The summed E-state index contributed by atoms with van der Waals surface area (Å²) in [5.41, 5.74) is 2.95. The molecule has 0 saturated heterocycles. The Hall–Kier alpha value is -1.35. The summed E-state index contributed by atoms with van der Waals surface area (Å²) in [7, 11) is 1.60. The van der Waals surface area contributed by atoms with Crippen molar-refractivity contribution >= 4 is 5.78 Å². The third-order valence-corrected chi connectivity index (χ3v) is 2.90. The second-order valence-corrected chi connectivity index (χ2v) is 4.16. The minimum Gasteiger partial charge on any atom is -0.496 e. The molecule has 94 valence electrons. The minimum atomic E-state index is 0.130. The Bertz CT molecular complexity index is 399. The van der Waals surface area contributed by atoms with Gasteiger partial charge in [0.05, 0.1) is 12.7 Å². The number of ether oxygens (including phenoxy) is 1. The lowest BCUT2D eigenvalue weighted by Crippen LogP contribution is -2.18. The first-order chi connectivity index (χ1) is 8.10. The molecule has 0 saturated carbocycles. The number of rotatable bonds is 6. The number of methoxy groups -OCH3 is 1. The molecule has 0 amide bonds. The van der Waals surface area contributed by atoms with Gasteiger partial charge >= 0.3 is 0 Å². The molecule has 0 aliphatic carbocycles. The first-order valence-electron chi connectivity index (χ1n) is 5.99. The van der Waals surface area contributed by atoms with Crippen LogP contribution in [0.3, 0.4) is 0 Å². The molecule has 3 heteroatoms. The fourth-order valence-electron chi connectivity index (χ4n) is 1.69. The molecule has 1 aromatic carbocycles. The van der Waals surface area contributed by atoms with Crippen LogP contribution in [0, 0.1) is 13.8 Å². The number of nitrogens with one attached hydrogen (secondary N) is 1. The first kappa shape index (κ1) is 13.7. The normalized spacial score (nSPS) is 10.4. The number of carbonyl (C=O) groups is 1. The molecule has 0 radical (unpaired) electrons. The van der Waals surface area contributed by atoms with E-state index in [1.807, 2.05) is 32.9 Å². The maximum absolute atomic E-state index is 12.0. The molecule has 0 aliphatic rings. The summed E-state index contributed by atoms with van der Waals surface area (Å²) in [4.78, 5) is 12.0. The largest absolute Gasteiger partial charge is 0.496 e. The summed E-state index contributed by atoms with van der Waals surface area (Å²) in [6, 6.07) is 3.85. The van der Waals surface area contributed by atoms with E-state index in [2.05, 4.69) is 5.32 Å². The third-order valence-electron chi connectivity index (χ3n) is 2.90. The van der Waals surface area contributed by atoms with Crippen LogP contribution in [0.1, 0.15) is 34.8 Å². The number of benzene rings is 1. The van der Waals surface area contributed by atoms with Crippen molar-refractivity contribution in [2.45, 2.75) is 27.2 Å². The van der Waals surface area contributed by atoms with E-state index in [0.29, 0.717) is 24.3 Å². The monoisotopic (exact) mass is 235 g/mol. The van der Waals surface area contributed by atoms with Gasteiger partial charge in [-0.05, 0) is 43.7 Å². The molecule has 0 bridgehead atoms. The zero-order valence-electron chi connectivity index (χ0n) is 11.1. The van der Waals surface area contributed by atoms with Gasteiger partial charge in [-0.3, -0.25) is 4.79 Å². The molecule has 1 aromatic rings. The number of ketones is 1. The smallest absolute Gasteiger partial charge is 0.167 e. The van der Waals surface area contributed by atoms with Crippen LogP contribution < -0.4 is 10.1 Å². The minimum absolute atomic E-state index is 0.130. The lowest BCUT2D eigenvalue weighted by atomic mass is 10.0. The van der Waals surface area contributed by atoms with Gasteiger partial charge in [-0.15, -0.1) is 0 Å². The number of carbonyl (C=O) groups excluding carboxylic acids is 1. The number of hydrogen-bond acceptors (Lipinski definition) is 3. The Kier molecular flexibility index (Phi) is 5.16. The molecular weight excluding hydrogens is 214 g/mol. The van der Waals surface area contributed by atoms with E-state index in [1.54, 1.807) is 7.11 Å². The average Bonchev–Trinajstić information content (AvgIpc) is 2.32. The highest BCUT2D eigenvalue weighted by Crippen LogP contribution is 2.24. The van der Waals surface area contributed by atoms with Gasteiger partial charge in [0, 0.05) is 13.0 Å². The highest BCUT2D eigenvalue weighted by Gasteiger charge is 2.13. The van der Waals surface area contributed by atoms with Crippen molar-refractivity contribution in [3.05, 3.63) is 28.8 Å². The van der Waals surface area contributed by atoms with E-state index in [-0.39, 0.29) is 5.78 Å². The summed E-state index contributed by atoms with van der Waals surface area (Å²) in [6.45, 7) is 7.66. The fourth-order valence-corrected chi connectivity index (χ4v) is 1.69. The van der Waals surface area contributed by atoms with Gasteiger partial charge in [-0.2, -0.15) is 0 Å². The molecule has 0 aliphatic heterocycles. The molecule has 1 N–H and O–H groups in total. The van der Waals surface area contributed by atoms with E-state index in [1.165, 1.54) is 0 Å². The van der Waals surface area contributed by atoms with Gasteiger partial charge in [0.15, 0.2) is 5.78 Å². The van der Waals surface area contributed by atoms with E-state index in [0.717, 1.165) is 17.7 Å². The Labute approximate surface area is 103 Å². The van der Waals surface area contributed by atoms with Crippen LogP contribution in [0.15, 0.2) is 12.1 Å². The van der Waals surface area contributed by atoms with E-state index in [9.17, 15) is 4.79 Å². The SMILES string of the molecule is CCNCCC(=O)c1cc(C)c(C)cc1OC. The highest BCUT2D eigenvalue weighted by atomic mass is 16.5. The Morgan fingerprint density at radius 3 is 2.53 bits per heavy atom. The first-order valence-corrected chi connectivity index (χ1v) is 5.99. The summed E-state index contributed by atoms with van der Waals surface area (Å²) in [6.07, 6.45) is 0.507. The lowest BCUT2D eigenvalue weighted by Gasteiger charge is -2.11. The van der Waals surface area contributed by atoms with Crippen molar-refractivity contribution in [1.82, 2.24) is 5.32 Å². The zero-order valence-corrected chi connectivity index (χ0v) is 11.1. The molecule has 0 unspecified atom stereocenters. The van der Waals surface area contributed by atoms with Crippen molar-refractivity contribution in [2.24, 2.45) is 0 Å². The van der Waals surface area contributed by atoms with Gasteiger partial charge in [0.25, 0.3) is 0 Å². The van der Waals surface area contributed by atoms with E-state index < -0.39 is 0 Å². The van der Waals surface area contributed by atoms with Crippen LogP contribution in [0.5, 0.6) is 5.75 Å². The predicted octanol–water partition coefficient (Wildman–Crippen LogP) is 2.49. The number of aryl methyl sites for hydroxylation is 2. The van der Waals surface area contributed by atoms with Crippen LogP contribution in [0.4, 0.5) is 0 Å². The van der Waals surface area contributed by atoms with Gasteiger partial charge < -0.3 is 10.1 Å². The quantitative estimate of drug-likeness (QED) is 0.608. The van der Waals surface area contributed by atoms with Crippen molar-refractivity contribution in [3.63, 3.8) is 0 Å². The predicted molar refractivity (Wildman–Crippen MR) is 70.0 cm³/mol. The van der Waals surface area contributed by atoms with Crippen LogP contribution in [0.2, 0.25) is 0 Å². The topological polar surface area (TPSA) is 38.3 Å². The van der Waals surface area contributed by atoms with Gasteiger partial charge in [0.2, 0.25) is 0 Å². The maximum Gasteiger partial charge on any atom is 0.167 e. The van der Waals surface area contributed by atoms with Gasteiger partial charge in [0.1, 0.15) is 5.75 Å². The molecular formula is C14H21NO2. The highest BCUT2D eigenvalue weighted by molar-refractivity contribution is 5.99. The molecule has 0 aromatic heterocycles. The fraction of sp³-hybridized carbons (Fsp3) is 0.500. The Morgan fingerprint density at radius 2 is 1.94 bits per heavy atom. The van der Waals surface area contributed by atoms with Crippen LogP contribution in [-0.4, -0.2) is 26.0 Å². The van der Waals surface area contributed by atoms with Gasteiger partial charge in [-0.25, -0.2) is 0 Å². The molecule has 0 heterocycles. The second kappa shape index (κ2) is 6.40. The summed E-state index contributed by atoms with van der Waals surface area (Å²) >= 11 is 0. The Balaban J connectivity index is 2.88. The van der Waals surface area contributed by atoms with Crippen molar-refractivity contribution in [3.8, 4) is 5.75 Å². The van der Waals surface area contributed by atoms with Crippen molar-refractivity contribution < 1.29 is 9.53 Å². The van der Waals surface area contributed by atoms with Crippen LogP contribution in [-0.2, 0) is 0 Å². The lowest BCUT2D eigenvalue weighted by molar-refractivity contribution is 0.0980. The van der Waals surface area contributed by atoms with Crippen molar-refractivity contribution in [2.75, 3.05) is 20.2 Å². The molecule has 0 fully saturated rings. The standard InChI is InChI=1S/C14H21NO2/c1-5-15-7-6-13(16)12-8-10(2)11(3)9-14(12)17-4/h8-9,15H,5-7H2,1-4H3. The molecule has 3 nitrogen and oxygen atoms in total. The zero-order chi connectivity index (χ0) is 12.8.